The Hall–Kier alpha value is -1.43. The quantitative estimate of drug-likeness (QED) is 0.686. The molecule has 1 aliphatic heterocycles. The van der Waals surface area contributed by atoms with Crippen molar-refractivity contribution in [3.05, 3.63) is 40.4 Å². The molecule has 1 fully saturated rings. The van der Waals surface area contributed by atoms with Crippen LogP contribution in [0.3, 0.4) is 0 Å². The first-order valence-corrected chi connectivity index (χ1v) is 7.52. The van der Waals surface area contributed by atoms with Crippen molar-refractivity contribution >= 4 is 19.5 Å². The molecular formula is C17H24BNO3. The Kier molecular flexibility index (Phi) is 4.61. The number of carbonyl (C=O) groups excluding carboxylic acids is 1. The highest BCUT2D eigenvalue weighted by atomic mass is 16.7. The summed E-state index contributed by atoms with van der Waals surface area (Å²) in [5.74, 6) is 0. The third kappa shape index (κ3) is 3.17. The third-order valence-corrected chi connectivity index (χ3v) is 4.50. The molecule has 1 aromatic rings. The van der Waals surface area contributed by atoms with Gasteiger partial charge in [-0.2, -0.15) is 0 Å². The van der Waals surface area contributed by atoms with Gasteiger partial charge < -0.3 is 15.0 Å². The lowest BCUT2D eigenvalue weighted by Gasteiger charge is -2.32. The maximum absolute atomic E-state index is 11.2. The highest BCUT2D eigenvalue weighted by Crippen LogP contribution is 2.38. The van der Waals surface area contributed by atoms with E-state index >= 15 is 0 Å². The Morgan fingerprint density at radius 2 is 1.77 bits per heavy atom. The summed E-state index contributed by atoms with van der Waals surface area (Å²) >= 11 is 0. The van der Waals surface area contributed by atoms with Crippen LogP contribution in [-0.4, -0.2) is 31.2 Å². The molecule has 0 aromatic heterocycles. The standard InChI is InChI=1S/C17H24BNO3/c1-12-6-7-13(11-20)14(8-12)9-15(10-19)18-21-16(2,3)17(4,5)22-18/h6-9,11H,10,19H2,1-5H3. The van der Waals surface area contributed by atoms with Crippen molar-refractivity contribution in [1.29, 1.82) is 0 Å². The molecule has 2 N–H and O–H groups in total. The van der Waals surface area contributed by atoms with Crippen LogP contribution in [0.5, 0.6) is 0 Å². The van der Waals surface area contributed by atoms with Crippen LogP contribution in [-0.2, 0) is 9.31 Å². The summed E-state index contributed by atoms with van der Waals surface area (Å²) in [5, 5.41) is 0. The molecule has 0 radical (unpaired) electrons. The van der Waals surface area contributed by atoms with Crippen molar-refractivity contribution in [1.82, 2.24) is 0 Å². The van der Waals surface area contributed by atoms with Gasteiger partial charge in [-0.05, 0) is 45.7 Å². The normalized spacial score (nSPS) is 20.3. The molecule has 5 heteroatoms. The molecule has 1 heterocycles. The van der Waals surface area contributed by atoms with Crippen molar-refractivity contribution in [2.75, 3.05) is 6.54 Å². The number of benzene rings is 1. The van der Waals surface area contributed by atoms with Gasteiger partial charge >= 0.3 is 7.12 Å². The van der Waals surface area contributed by atoms with E-state index in [4.69, 9.17) is 15.0 Å². The SMILES string of the molecule is Cc1ccc(C=O)c(C=C(CN)B2OC(C)(C)C(C)(C)O2)c1. The Morgan fingerprint density at radius 1 is 1.18 bits per heavy atom. The number of hydrogen-bond acceptors (Lipinski definition) is 4. The van der Waals surface area contributed by atoms with E-state index in [1.54, 1.807) is 0 Å². The van der Waals surface area contributed by atoms with E-state index in [-0.39, 0.29) is 0 Å². The van der Waals surface area contributed by atoms with Crippen LogP contribution in [0.1, 0.15) is 49.2 Å². The second-order valence-electron chi connectivity index (χ2n) is 6.76. The molecule has 4 nitrogen and oxygen atoms in total. The zero-order valence-electron chi connectivity index (χ0n) is 14.0. The number of hydrogen-bond donors (Lipinski definition) is 1. The lowest BCUT2D eigenvalue weighted by molar-refractivity contribution is 0.00578. The number of rotatable bonds is 4. The van der Waals surface area contributed by atoms with E-state index in [0.717, 1.165) is 22.9 Å². The van der Waals surface area contributed by atoms with E-state index < -0.39 is 18.3 Å². The Bertz CT molecular complexity index is 592. The Labute approximate surface area is 132 Å². The average Bonchev–Trinajstić information content (AvgIpc) is 2.64. The molecule has 0 spiro atoms. The van der Waals surface area contributed by atoms with Crippen LogP contribution < -0.4 is 5.73 Å². The van der Waals surface area contributed by atoms with Crippen LogP contribution >= 0.6 is 0 Å². The van der Waals surface area contributed by atoms with Crippen molar-refractivity contribution in [2.45, 2.75) is 45.8 Å². The molecule has 1 aromatic carbocycles. The molecule has 1 saturated heterocycles. The average molecular weight is 301 g/mol. The first kappa shape index (κ1) is 16.9. The summed E-state index contributed by atoms with van der Waals surface area (Å²) in [5.41, 5.74) is 8.45. The summed E-state index contributed by atoms with van der Waals surface area (Å²) in [4.78, 5) is 11.2. The molecule has 0 amide bonds. The minimum atomic E-state index is -0.491. The molecule has 0 unspecified atom stereocenters. The van der Waals surface area contributed by atoms with Gasteiger partial charge in [0.2, 0.25) is 0 Å². The lowest BCUT2D eigenvalue weighted by atomic mass is 9.76. The second kappa shape index (κ2) is 5.99. The lowest BCUT2D eigenvalue weighted by Crippen LogP contribution is -2.41. The first-order valence-electron chi connectivity index (χ1n) is 7.52. The molecule has 0 atom stereocenters. The minimum Gasteiger partial charge on any atom is -0.400 e. The predicted octanol–water partition coefficient (Wildman–Crippen LogP) is 2.78. The molecule has 2 rings (SSSR count). The fourth-order valence-corrected chi connectivity index (χ4v) is 2.34. The van der Waals surface area contributed by atoms with Gasteiger partial charge in [0.25, 0.3) is 0 Å². The number of nitrogens with two attached hydrogens (primary N) is 1. The summed E-state index contributed by atoms with van der Waals surface area (Å²) in [7, 11) is -0.491. The van der Waals surface area contributed by atoms with Gasteiger partial charge in [0.05, 0.1) is 11.2 Å². The first-order chi connectivity index (χ1) is 10.2. The summed E-state index contributed by atoms with van der Waals surface area (Å²) in [6.07, 6.45) is 2.75. The highest BCUT2D eigenvalue weighted by Gasteiger charge is 2.52. The largest absolute Gasteiger partial charge is 0.491 e. The third-order valence-electron chi connectivity index (χ3n) is 4.50. The zero-order chi connectivity index (χ0) is 16.5. The predicted molar refractivity (Wildman–Crippen MR) is 89.7 cm³/mol. The monoisotopic (exact) mass is 301 g/mol. The Balaban J connectivity index is 2.38. The second-order valence-corrected chi connectivity index (χ2v) is 6.76. The molecule has 1 aliphatic rings. The number of aryl methyl sites for hydroxylation is 1. The maximum atomic E-state index is 11.2. The van der Waals surface area contributed by atoms with Crippen molar-refractivity contribution in [3.63, 3.8) is 0 Å². The van der Waals surface area contributed by atoms with Gasteiger partial charge in [-0.25, -0.2) is 0 Å². The Morgan fingerprint density at radius 3 is 2.27 bits per heavy atom. The van der Waals surface area contributed by atoms with Crippen LogP contribution in [0.15, 0.2) is 23.7 Å². The molecule has 118 valence electrons. The van der Waals surface area contributed by atoms with Gasteiger partial charge in [-0.3, -0.25) is 4.79 Å². The van der Waals surface area contributed by atoms with E-state index in [0.29, 0.717) is 12.1 Å². The smallest absolute Gasteiger partial charge is 0.400 e. The molecule has 0 saturated carbocycles. The van der Waals surface area contributed by atoms with Crippen molar-refractivity contribution in [3.8, 4) is 0 Å². The van der Waals surface area contributed by atoms with Gasteiger partial charge in [0, 0.05) is 12.1 Å². The molecule has 0 aliphatic carbocycles. The fraction of sp³-hybridized carbons (Fsp3) is 0.471. The van der Waals surface area contributed by atoms with E-state index in [1.807, 2.05) is 58.9 Å². The van der Waals surface area contributed by atoms with Crippen LogP contribution in [0.2, 0.25) is 0 Å². The van der Waals surface area contributed by atoms with E-state index in [2.05, 4.69) is 0 Å². The van der Waals surface area contributed by atoms with Crippen LogP contribution in [0, 0.1) is 6.92 Å². The van der Waals surface area contributed by atoms with Gasteiger partial charge in [-0.15, -0.1) is 0 Å². The minimum absolute atomic E-state index is 0.309. The summed E-state index contributed by atoms with van der Waals surface area (Å²) < 4.78 is 12.1. The summed E-state index contributed by atoms with van der Waals surface area (Å²) in [6, 6.07) is 5.69. The zero-order valence-corrected chi connectivity index (χ0v) is 14.0. The topological polar surface area (TPSA) is 61.6 Å². The number of carbonyl (C=O) groups is 1. The summed E-state index contributed by atoms with van der Waals surface area (Å²) in [6.45, 7) is 10.3. The van der Waals surface area contributed by atoms with Crippen LogP contribution in [0.25, 0.3) is 6.08 Å². The van der Waals surface area contributed by atoms with Crippen molar-refractivity contribution < 1.29 is 14.1 Å². The molecule has 0 bridgehead atoms. The maximum Gasteiger partial charge on any atom is 0.491 e. The van der Waals surface area contributed by atoms with Crippen LogP contribution in [0.4, 0.5) is 0 Å². The number of aldehydes is 1. The van der Waals surface area contributed by atoms with E-state index in [9.17, 15) is 4.79 Å². The molecule has 22 heavy (non-hydrogen) atoms. The fourth-order valence-electron chi connectivity index (χ4n) is 2.34. The highest BCUT2D eigenvalue weighted by molar-refractivity contribution is 6.56. The van der Waals surface area contributed by atoms with E-state index in [1.165, 1.54) is 0 Å². The van der Waals surface area contributed by atoms with Gasteiger partial charge in [-0.1, -0.05) is 29.8 Å². The molecular weight excluding hydrogens is 277 g/mol. The van der Waals surface area contributed by atoms with Gasteiger partial charge in [0.1, 0.15) is 0 Å². The van der Waals surface area contributed by atoms with Crippen molar-refractivity contribution in [2.24, 2.45) is 5.73 Å². The van der Waals surface area contributed by atoms with Gasteiger partial charge in [0.15, 0.2) is 6.29 Å².